The molecular weight excluding hydrogens is 232 g/mol. The van der Waals surface area contributed by atoms with Crippen molar-refractivity contribution in [3.8, 4) is 0 Å². The second-order valence-electron chi connectivity index (χ2n) is 5.00. The molecule has 0 amide bonds. The maximum atomic E-state index is 10.3. The van der Waals surface area contributed by atoms with E-state index in [0.29, 0.717) is 6.42 Å². The zero-order chi connectivity index (χ0) is 13.8. The number of hydrogen-bond donors (Lipinski definition) is 4. The average molecular weight is 254 g/mol. The van der Waals surface area contributed by atoms with Crippen molar-refractivity contribution in [2.45, 2.75) is 44.5 Å². The first kappa shape index (κ1) is 15.1. The summed E-state index contributed by atoms with van der Waals surface area (Å²) in [6, 6.07) is 7.54. The fourth-order valence-electron chi connectivity index (χ4n) is 1.80. The largest absolute Gasteiger partial charge is 0.394 e. The summed E-state index contributed by atoms with van der Waals surface area (Å²) in [7, 11) is 0. The normalized spacial score (nSPS) is 18.1. The van der Waals surface area contributed by atoms with E-state index in [2.05, 4.69) is 0 Å². The fraction of sp³-hybridized carbons (Fsp3) is 0.571. The Labute approximate surface area is 108 Å². The second-order valence-corrected chi connectivity index (χ2v) is 5.00. The highest BCUT2D eigenvalue weighted by Gasteiger charge is 2.25. The highest BCUT2D eigenvalue weighted by atomic mass is 16.4. The van der Waals surface area contributed by atoms with Crippen molar-refractivity contribution < 1.29 is 20.4 Å². The SMILES string of the molecule is Cc1ccc([C@](C)(O)CC[C@@H](O)[C@@H](O)CO)cc1. The van der Waals surface area contributed by atoms with Gasteiger partial charge >= 0.3 is 0 Å². The summed E-state index contributed by atoms with van der Waals surface area (Å²) in [6.07, 6.45) is -1.64. The molecule has 0 saturated carbocycles. The number of benzene rings is 1. The molecule has 0 aliphatic carbocycles. The third-order valence-corrected chi connectivity index (χ3v) is 3.23. The lowest BCUT2D eigenvalue weighted by atomic mass is 9.89. The molecule has 4 N–H and O–H groups in total. The van der Waals surface area contributed by atoms with Crippen LogP contribution in [0.1, 0.15) is 30.9 Å². The topological polar surface area (TPSA) is 80.9 Å². The van der Waals surface area contributed by atoms with E-state index in [1.807, 2.05) is 31.2 Å². The maximum Gasteiger partial charge on any atom is 0.103 e. The Morgan fingerprint density at radius 3 is 2.17 bits per heavy atom. The van der Waals surface area contributed by atoms with Crippen molar-refractivity contribution in [1.29, 1.82) is 0 Å². The number of rotatable bonds is 6. The van der Waals surface area contributed by atoms with Crippen molar-refractivity contribution in [1.82, 2.24) is 0 Å². The predicted molar refractivity (Wildman–Crippen MR) is 69.1 cm³/mol. The molecule has 0 saturated heterocycles. The minimum atomic E-state index is -1.15. The van der Waals surface area contributed by atoms with Crippen molar-refractivity contribution in [2.24, 2.45) is 0 Å². The molecule has 4 nitrogen and oxygen atoms in total. The molecule has 18 heavy (non-hydrogen) atoms. The van der Waals surface area contributed by atoms with Crippen molar-refractivity contribution in [2.75, 3.05) is 6.61 Å². The number of aliphatic hydroxyl groups is 4. The van der Waals surface area contributed by atoms with E-state index in [1.54, 1.807) is 6.92 Å². The van der Waals surface area contributed by atoms with Crippen LogP contribution in [0, 0.1) is 6.92 Å². The molecule has 0 aliphatic heterocycles. The summed E-state index contributed by atoms with van der Waals surface area (Å²) in [5.41, 5.74) is 0.841. The van der Waals surface area contributed by atoms with Crippen molar-refractivity contribution in [3.63, 3.8) is 0 Å². The Hall–Kier alpha value is -0.940. The van der Waals surface area contributed by atoms with E-state index < -0.39 is 24.4 Å². The van der Waals surface area contributed by atoms with Gasteiger partial charge in [-0.2, -0.15) is 0 Å². The molecule has 0 radical (unpaired) electrons. The van der Waals surface area contributed by atoms with Gasteiger partial charge in [0.25, 0.3) is 0 Å². The summed E-state index contributed by atoms with van der Waals surface area (Å²) in [5.74, 6) is 0. The smallest absolute Gasteiger partial charge is 0.103 e. The molecule has 1 aromatic rings. The van der Waals surface area contributed by atoms with Crippen LogP contribution in [0.2, 0.25) is 0 Å². The molecule has 0 aliphatic rings. The highest BCUT2D eigenvalue weighted by Crippen LogP contribution is 2.27. The van der Waals surface area contributed by atoms with E-state index in [-0.39, 0.29) is 6.42 Å². The lowest BCUT2D eigenvalue weighted by Crippen LogP contribution is -2.32. The zero-order valence-electron chi connectivity index (χ0n) is 10.9. The van der Waals surface area contributed by atoms with Gasteiger partial charge in [0, 0.05) is 0 Å². The summed E-state index contributed by atoms with van der Waals surface area (Å²) in [5, 5.41) is 37.8. The molecule has 1 aromatic carbocycles. The summed E-state index contributed by atoms with van der Waals surface area (Å²) in [4.78, 5) is 0. The van der Waals surface area contributed by atoms with E-state index in [9.17, 15) is 15.3 Å². The third-order valence-electron chi connectivity index (χ3n) is 3.23. The standard InChI is InChI=1S/C14H22O4/c1-10-3-5-11(6-4-10)14(2,18)8-7-12(16)13(17)9-15/h3-6,12-13,15-18H,7-9H2,1-2H3/t12-,13+,14-/m1/s1. The highest BCUT2D eigenvalue weighted by molar-refractivity contribution is 5.25. The first-order valence-corrected chi connectivity index (χ1v) is 6.13. The van der Waals surface area contributed by atoms with Crippen molar-refractivity contribution in [3.05, 3.63) is 35.4 Å². The van der Waals surface area contributed by atoms with Gasteiger partial charge in [-0.25, -0.2) is 0 Å². The molecule has 3 atom stereocenters. The van der Waals surface area contributed by atoms with Gasteiger partial charge in [-0.1, -0.05) is 29.8 Å². The van der Waals surface area contributed by atoms with Crippen LogP contribution >= 0.6 is 0 Å². The Bertz CT molecular complexity index is 359. The van der Waals surface area contributed by atoms with Gasteiger partial charge in [0.1, 0.15) is 6.10 Å². The Morgan fingerprint density at radius 2 is 1.67 bits per heavy atom. The van der Waals surface area contributed by atoms with Crippen molar-refractivity contribution >= 4 is 0 Å². The van der Waals surface area contributed by atoms with Crippen LogP contribution in [-0.4, -0.2) is 39.2 Å². The van der Waals surface area contributed by atoms with E-state index in [1.165, 1.54) is 0 Å². The minimum Gasteiger partial charge on any atom is -0.394 e. The quantitative estimate of drug-likeness (QED) is 0.602. The zero-order valence-corrected chi connectivity index (χ0v) is 10.9. The monoisotopic (exact) mass is 254 g/mol. The maximum absolute atomic E-state index is 10.3. The van der Waals surface area contributed by atoms with E-state index >= 15 is 0 Å². The van der Waals surface area contributed by atoms with Gasteiger partial charge in [-0.05, 0) is 32.3 Å². The number of hydrogen-bond acceptors (Lipinski definition) is 4. The fourth-order valence-corrected chi connectivity index (χ4v) is 1.80. The van der Waals surface area contributed by atoms with Crippen LogP contribution in [0.15, 0.2) is 24.3 Å². The molecule has 0 heterocycles. The molecule has 0 unspecified atom stereocenters. The second kappa shape index (κ2) is 6.29. The molecule has 0 fully saturated rings. The summed E-state index contributed by atoms with van der Waals surface area (Å²) < 4.78 is 0. The molecule has 1 rings (SSSR count). The van der Waals surface area contributed by atoms with Gasteiger partial charge in [0.2, 0.25) is 0 Å². The lowest BCUT2D eigenvalue weighted by Gasteiger charge is -2.26. The molecular formula is C14H22O4. The molecule has 4 heteroatoms. The Balaban J connectivity index is 2.62. The van der Waals surface area contributed by atoms with Crippen LogP contribution in [0.25, 0.3) is 0 Å². The molecule has 0 aromatic heterocycles. The number of aliphatic hydroxyl groups excluding tert-OH is 3. The van der Waals surface area contributed by atoms with Crippen LogP contribution in [0.3, 0.4) is 0 Å². The lowest BCUT2D eigenvalue weighted by molar-refractivity contribution is -0.0351. The van der Waals surface area contributed by atoms with Gasteiger partial charge in [-0.15, -0.1) is 0 Å². The first-order valence-electron chi connectivity index (χ1n) is 6.13. The summed E-state index contributed by atoms with van der Waals surface area (Å²) >= 11 is 0. The van der Waals surface area contributed by atoms with Gasteiger partial charge < -0.3 is 20.4 Å². The van der Waals surface area contributed by atoms with E-state index in [0.717, 1.165) is 11.1 Å². The average Bonchev–Trinajstić information content (AvgIpc) is 2.35. The Morgan fingerprint density at radius 1 is 1.11 bits per heavy atom. The summed E-state index contributed by atoms with van der Waals surface area (Å²) in [6.45, 7) is 3.17. The molecule has 0 spiro atoms. The van der Waals surface area contributed by atoms with E-state index in [4.69, 9.17) is 5.11 Å². The van der Waals surface area contributed by atoms with Crippen LogP contribution in [0.4, 0.5) is 0 Å². The van der Waals surface area contributed by atoms with Gasteiger partial charge in [0.05, 0.1) is 18.3 Å². The molecule has 0 bridgehead atoms. The predicted octanol–water partition coefficient (Wildman–Crippen LogP) is 0.697. The third kappa shape index (κ3) is 4.07. The van der Waals surface area contributed by atoms with Gasteiger partial charge in [0.15, 0.2) is 0 Å². The first-order chi connectivity index (χ1) is 8.36. The molecule has 102 valence electrons. The van der Waals surface area contributed by atoms with Gasteiger partial charge in [-0.3, -0.25) is 0 Å². The Kier molecular flexibility index (Phi) is 5.28. The number of aryl methyl sites for hydroxylation is 1. The van der Waals surface area contributed by atoms with Crippen LogP contribution < -0.4 is 0 Å². The van der Waals surface area contributed by atoms with Crippen LogP contribution in [0.5, 0.6) is 0 Å². The minimum absolute atomic E-state index is 0.225. The van der Waals surface area contributed by atoms with Crippen LogP contribution in [-0.2, 0) is 5.60 Å².